The highest BCUT2D eigenvalue weighted by atomic mass is 32.2. The fraction of sp³-hybridized carbons (Fsp3) is 0.571. The van der Waals surface area contributed by atoms with E-state index in [0.717, 1.165) is 6.07 Å². The Hall–Kier alpha value is -0.980. The summed E-state index contributed by atoms with van der Waals surface area (Å²) >= 11 is 0. The third kappa shape index (κ3) is 3.37. The Kier molecular flexibility index (Phi) is 5.29. The van der Waals surface area contributed by atoms with E-state index in [1.807, 2.05) is 6.92 Å². The molecule has 1 rings (SSSR count). The number of nitrogens with two attached hydrogens (primary N) is 1. The van der Waals surface area contributed by atoms with E-state index in [4.69, 9.17) is 5.73 Å². The lowest BCUT2D eigenvalue weighted by atomic mass is 10.1. The molecule has 6 heteroatoms. The molecule has 1 aromatic carbocycles. The van der Waals surface area contributed by atoms with Gasteiger partial charge in [0.1, 0.15) is 5.82 Å². The van der Waals surface area contributed by atoms with E-state index in [9.17, 15) is 12.8 Å². The quantitative estimate of drug-likeness (QED) is 0.877. The standard InChI is InChI=1S/C14H23FN2O2S/c1-5-8-17(14(3,4)10-16)20(18,19)13-9-12(15)7-6-11(13)2/h6-7,9H,5,8,10,16H2,1-4H3. The lowest BCUT2D eigenvalue weighted by Gasteiger charge is -2.36. The predicted octanol–water partition coefficient (Wildman–Crippen LogP) is 2.27. The first-order valence-electron chi connectivity index (χ1n) is 6.66. The molecule has 0 aliphatic rings. The van der Waals surface area contributed by atoms with Crippen LogP contribution in [-0.4, -0.2) is 31.4 Å². The van der Waals surface area contributed by atoms with Crippen LogP contribution in [0.15, 0.2) is 23.1 Å². The smallest absolute Gasteiger partial charge is 0.243 e. The fourth-order valence-corrected chi connectivity index (χ4v) is 4.15. The van der Waals surface area contributed by atoms with E-state index < -0.39 is 21.4 Å². The topological polar surface area (TPSA) is 63.4 Å². The van der Waals surface area contributed by atoms with Gasteiger partial charge in [0.15, 0.2) is 0 Å². The van der Waals surface area contributed by atoms with E-state index in [1.54, 1.807) is 20.8 Å². The molecule has 0 radical (unpaired) electrons. The zero-order valence-corrected chi connectivity index (χ0v) is 13.3. The van der Waals surface area contributed by atoms with Crippen LogP contribution in [0.2, 0.25) is 0 Å². The van der Waals surface area contributed by atoms with Crippen LogP contribution in [0.3, 0.4) is 0 Å². The van der Waals surface area contributed by atoms with Gasteiger partial charge < -0.3 is 5.73 Å². The second-order valence-corrected chi connectivity index (χ2v) is 7.33. The molecule has 0 saturated carbocycles. The van der Waals surface area contributed by atoms with Crippen molar-refractivity contribution in [2.75, 3.05) is 13.1 Å². The fourth-order valence-electron chi connectivity index (χ4n) is 2.02. The molecule has 0 aromatic heterocycles. The van der Waals surface area contributed by atoms with Gasteiger partial charge in [-0.15, -0.1) is 0 Å². The van der Waals surface area contributed by atoms with Crippen LogP contribution in [0.4, 0.5) is 4.39 Å². The van der Waals surface area contributed by atoms with Crippen LogP contribution < -0.4 is 5.73 Å². The average molecular weight is 302 g/mol. The molecule has 0 saturated heterocycles. The highest BCUT2D eigenvalue weighted by molar-refractivity contribution is 7.89. The minimum Gasteiger partial charge on any atom is -0.329 e. The molecule has 4 nitrogen and oxygen atoms in total. The number of rotatable bonds is 6. The first kappa shape index (κ1) is 17.1. The summed E-state index contributed by atoms with van der Waals surface area (Å²) in [6.45, 7) is 7.65. The summed E-state index contributed by atoms with van der Waals surface area (Å²) in [4.78, 5) is 0.00692. The minimum absolute atomic E-state index is 0.00692. The summed E-state index contributed by atoms with van der Waals surface area (Å²) in [5.74, 6) is -0.559. The summed E-state index contributed by atoms with van der Waals surface area (Å²) in [7, 11) is -3.77. The van der Waals surface area contributed by atoms with Gasteiger partial charge in [0, 0.05) is 18.6 Å². The molecule has 20 heavy (non-hydrogen) atoms. The molecule has 0 aliphatic heterocycles. The van der Waals surface area contributed by atoms with Crippen LogP contribution in [0.5, 0.6) is 0 Å². The van der Waals surface area contributed by atoms with Crippen LogP contribution in [-0.2, 0) is 10.0 Å². The third-order valence-corrected chi connectivity index (χ3v) is 5.57. The summed E-state index contributed by atoms with van der Waals surface area (Å²) in [5.41, 5.74) is 5.51. The summed E-state index contributed by atoms with van der Waals surface area (Å²) in [6.07, 6.45) is 0.664. The Bertz CT molecular complexity index is 571. The maximum absolute atomic E-state index is 13.4. The molecule has 0 bridgehead atoms. The molecule has 0 amide bonds. The Morgan fingerprint density at radius 3 is 2.45 bits per heavy atom. The highest BCUT2D eigenvalue weighted by Gasteiger charge is 2.36. The SMILES string of the molecule is CCCN(C(C)(C)CN)S(=O)(=O)c1cc(F)ccc1C. The summed E-state index contributed by atoms with van der Waals surface area (Å²) < 4.78 is 40.4. The van der Waals surface area contributed by atoms with Crippen molar-refractivity contribution in [3.63, 3.8) is 0 Å². The lowest BCUT2D eigenvalue weighted by Crippen LogP contribution is -2.52. The number of nitrogens with zero attached hydrogens (tertiary/aromatic N) is 1. The predicted molar refractivity (Wildman–Crippen MR) is 78.5 cm³/mol. The normalized spacial score (nSPS) is 12.9. The molecule has 0 heterocycles. The van der Waals surface area contributed by atoms with Crippen molar-refractivity contribution >= 4 is 10.0 Å². The lowest BCUT2D eigenvalue weighted by molar-refractivity contribution is 0.235. The van der Waals surface area contributed by atoms with Gasteiger partial charge in [0.25, 0.3) is 0 Å². The van der Waals surface area contributed by atoms with Gasteiger partial charge in [-0.25, -0.2) is 12.8 Å². The van der Waals surface area contributed by atoms with Crippen LogP contribution >= 0.6 is 0 Å². The molecule has 2 N–H and O–H groups in total. The van der Waals surface area contributed by atoms with Crippen molar-refractivity contribution in [1.29, 1.82) is 0 Å². The zero-order valence-electron chi connectivity index (χ0n) is 12.5. The second-order valence-electron chi connectivity index (χ2n) is 5.50. The van der Waals surface area contributed by atoms with Gasteiger partial charge in [0.2, 0.25) is 10.0 Å². The Morgan fingerprint density at radius 1 is 1.35 bits per heavy atom. The first-order chi connectivity index (χ1) is 9.16. The Labute approximate surface area is 120 Å². The number of hydrogen-bond donors (Lipinski definition) is 1. The summed E-state index contributed by atoms with van der Waals surface area (Å²) in [6, 6.07) is 3.80. The third-order valence-electron chi connectivity index (χ3n) is 3.32. The number of hydrogen-bond acceptors (Lipinski definition) is 3. The Morgan fingerprint density at radius 2 is 1.95 bits per heavy atom. The van der Waals surface area contributed by atoms with Gasteiger partial charge in [-0.05, 0) is 44.9 Å². The van der Waals surface area contributed by atoms with Crippen LogP contribution in [0.1, 0.15) is 32.8 Å². The monoisotopic (exact) mass is 302 g/mol. The zero-order chi connectivity index (χ0) is 15.6. The minimum atomic E-state index is -3.77. The number of aryl methyl sites for hydroxylation is 1. The van der Waals surface area contributed by atoms with E-state index in [2.05, 4.69) is 0 Å². The van der Waals surface area contributed by atoms with E-state index in [-0.39, 0.29) is 11.4 Å². The van der Waals surface area contributed by atoms with Crippen molar-refractivity contribution < 1.29 is 12.8 Å². The van der Waals surface area contributed by atoms with E-state index in [1.165, 1.54) is 16.4 Å². The van der Waals surface area contributed by atoms with Crippen molar-refractivity contribution in [3.8, 4) is 0 Å². The number of benzene rings is 1. The van der Waals surface area contributed by atoms with Crippen molar-refractivity contribution in [2.24, 2.45) is 5.73 Å². The molecule has 0 spiro atoms. The second kappa shape index (κ2) is 6.20. The summed E-state index contributed by atoms with van der Waals surface area (Å²) in [5, 5.41) is 0. The van der Waals surface area contributed by atoms with Gasteiger partial charge in [0.05, 0.1) is 4.90 Å². The van der Waals surface area contributed by atoms with Gasteiger partial charge in [-0.3, -0.25) is 0 Å². The van der Waals surface area contributed by atoms with Gasteiger partial charge in [-0.1, -0.05) is 13.0 Å². The van der Waals surface area contributed by atoms with Gasteiger partial charge >= 0.3 is 0 Å². The Balaban J connectivity index is 3.41. The molecule has 0 atom stereocenters. The molecule has 0 fully saturated rings. The largest absolute Gasteiger partial charge is 0.329 e. The van der Waals surface area contributed by atoms with E-state index >= 15 is 0 Å². The van der Waals surface area contributed by atoms with Crippen molar-refractivity contribution in [3.05, 3.63) is 29.6 Å². The van der Waals surface area contributed by atoms with Crippen molar-refractivity contribution in [1.82, 2.24) is 4.31 Å². The maximum atomic E-state index is 13.4. The molecule has 0 unspecified atom stereocenters. The van der Waals surface area contributed by atoms with Crippen LogP contribution in [0, 0.1) is 12.7 Å². The van der Waals surface area contributed by atoms with E-state index in [0.29, 0.717) is 18.5 Å². The molecular weight excluding hydrogens is 279 g/mol. The molecule has 1 aromatic rings. The van der Waals surface area contributed by atoms with Gasteiger partial charge in [-0.2, -0.15) is 4.31 Å². The molecule has 114 valence electrons. The molecule has 0 aliphatic carbocycles. The molecular formula is C14H23FN2O2S. The van der Waals surface area contributed by atoms with Crippen LogP contribution in [0.25, 0.3) is 0 Å². The highest BCUT2D eigenvalue weighted by Crippen LogP contribution is 2.27. The van der Waals surface area contributed by atoms with Crippen molar-refractivity contribution in [2.45, 2.75) is 44.6 Å². The number of sulfonamides is 1. The number of halogens is 1. The maximum Gasteiger partial charge on any atom is 0.243 e. The first-order valence-corrected chi connectivity index (χ1v) is 8.10. The average Bonchev–Trinajstić information content (AvgIpc) is 2.38.